The lowest BCUT2D eigenvalue weighted by atomic mass is 9.96. The van der Waals surface area contributed by atoms with E-state index in [9.17, 15) is 14.4 Å². The van der Waals surface area contributed by atoms with E-state index in [-0.39, 0.29) is 16.9 Å². The lowest BCUT2D eigenvalue weighted by Gasteiger charge is -2.25. The predicted molar refractivity (Wildman–Crippen MR) is 129 cm³/mol. The fraction of sp³-hybridized carbons (Fsp3) is 0.435. The number of aryl methyl sites for hydroxylation is 1. The number of amides is 1. The number of aromatic nitrogens is 4. The van der Waals surface area contributed by atoms with E-state index in [1.165, 1.54) is 23.4 Å². The van der Waals surface area contributed by atoms with Gasteiger partial charge in [0, 0.05) is 31.7 Å². The molecule has 0 bridgehead atoms. The Morgan fingerprint density at radius 1 is 1.09 bits per heavy atom. The molecule has 0 radical (unpaired) electrons. The molecule has 0 spiro atoms. The van der Waals surface area contributed by atoms with Crippen LogP contribution >= 0.6 is 11.8 Å². The van der Waals surface area contributed by atoms with Gasteiger partial charge >= 0.3 is 5.69 Å². The van der Waals surface area contributed by atoms with Crippen LogP contribution < -0.4 is 16.1 Å². The van der Waals surface area contributed by atoms with Crippen molar-refractivity contribution in [3.05, 3.63) is 57.0 Å². The van der Waals surface area contributed by atoms with Crippen LogP contribution in [0.4, 0.5) is 5.69 Å². The second-order valence-electron chi connectivity index (χ2n) is 8.68. The molecule has 0 fully saturated rings. The number of thioether (sulfide) groups is 1. The third-order valence-corrected chi connectivity index (χ3v) is 6.30. The van der Waals surface area contributed by atoms with Gasteiger partial charge in [0.2, 0.25) is 5.91 Å². The Labute approximate surface area is 191 Å². The molecule has 0 N–H and O–H groups in total. The van der Waals surface area contributed by atoms with Crippen molar-refractivity contribution in [1.82, 2.24) is 19.1 Å². The average molecular weight is 456 g/mol. The van der Waals surface area contributed by atoms with Crippen LogP contribution in [0.1, 0.15) is 40.4 Å². The highest BCUT2D eigenvalue weighted by molar-refractivity contribution is 8.00. The molecule has 0 saturated carbocycles. The summed E-state index contributed by atoms with van der Waals surface area (Å²) in [7, 11) is 3.01. The largest absolute Gasteiger partial charge is 0.332 e. The molecule has 2 aromatic heterocycles. The zero-order valence-corrected chi connectivity index (χ0v) is 20.4. The van der Waals surface area contributed by atoms with Crippen molar-refractivity contribution in [2.24, 2.45) is 14.1 Å². The van der Waals surface area contributed by atoms with E-state index in [1.807, 2.05) is 58.0 Å². The van der Waals surface area contributed by atoms with Crippen LogP contribution in [0.15, 0.2) is 44.9 Å². The number of nitrogens with zero attached hydrogens (tertiary/aromatic N) is 5. The summed E-state index contributed by atoms with van der Waals surface area (Å²) in [5, 5.41) is 0.138. The normalized spacial score (nSPS) is 12.7. The van der Waals surface area contributed by atoms with Crippen LogP contribution in [0.5, 0.6) is 0 Å². The van der Waals surface area contributed by atoms with E-state index >= 15 is 0 Å². The van der Waals surface area contributed by atoms with Crippen LogP contribution in [-0.2, 0) is 24.3 Å². The molecule has 2 heterocycles. The standard InChI is InChI=1S/C23H29N5O3S/c1-8-28(15-12-10-9-11-13-15)19(29)14(2)32-18-16-17(24-21(25-18)23(3,4)5)26(6)22(31)27(7)20(16)30/h9-14H,8H2,1-7H3. The molecule has 0 aliphatic rings. The molecule has 170 valence electrons. The lowest BCUT2D eigenvalue weighted by Crippen LogP contribution is -2.39. The first kappa shape index (κ1) is 23.7. The summed E-state index contributed by atoms with van der Waals surface area (Å²) in [4.78, 5) is 49.7. The molecule has 3 aromatic rings. The van der Waals surface area contributed by atoms with Gasteiger partial charge in [0.25, 0.3) is 5.56 Å². The summed E-state index contributed by atoms with van der Waals surface area (Å²) in [5.74, 6) is 0.417. The van der Waals surface area contributed by atoms with Gasteiger partial charge in [-0.05, 0) is 26.0 Å². The number of hydrogen-bond donors (Lipinski definition) is 0. The highest BCUT2D eigenvalue weighted by Crippen LogP contribution is 2.31. The zero-order chi connectivity index (χ0) is 23.8. The second kappa shape index (κ2) is 8.90. The number of carbonyl (C=O) groups excluding carboxylic acids is 1. The Morgan fingerprint density at radius 3 is 2.28 bits per heavy atom. The molecule has 1 unspecified atom stereocenters. The molecule has 1 aromatic carbocycles. The van der Waals surface area contributed by atoms with Gasteiger partial charge in [-0.1, -0.05) is 50.7 Å². The van der Waals surface area contributed by atoms with Crippen molar-refractivity contribution in [1.29, 1.82) is 0 Å². The highest BCUT2D eigenvalue weighted by atomic mass is 32.2. The molecule has 1 atom stereocenters. The van der Waals surface area contributed by atoms with Crippen molar-refractivity contribution in [2.75, 3.05) is 11.4 Å². The first-order chi connectivity index (χ1) is 15.0. The summed E-state index contributed by atoms with van der Waals surface area (Å²) in [6.07, 6.45) is 0. The third-order valence-electron chi connectivity index (χ3n) is 5.22. The van der Waals surface area contributed by atoms with Crippen molar-refractivity contribution in [3.8, 4) is 0 Å². The summed E-state index contributed by atoms with van der Waals surface area (Å²) >= 11 is 1.22. The topological polar surface area (TPSA) is 90.1 Å². The number of benzene rings is 1. The minimum absolute atomic E-state index is 0.0885. The number of hydrogen-bond acceptors (Lipinski definition) is 6. The smallest absolute Gasteiger partial charge is 0.312 e. The van der Waals surface area contributed by atoms with Gasteiger partial charge in [0.1, 0.15) is 16.2 Å². The second-order valence-corrected chi connectivity index (χ2v) is 10.0. The Bertz CT molecular complexity index is 1280. The third kappa shape index (κ3) is 4.34. The van der Waals surface area contributed by atoms with E-state index in [2.05, 4.69) is 9.97 Å². The first-order valence-electron chi connectivity index (χ1n) is 10.5. The van der Waals surface area contributed by atoms with Gasteiger partial charge < -0.3 is 4.90 Å². The SMILES string of the molecule is CCN(C(=O)C(C)Sc1nc(C(C)(C)C)nc2c1c(=O)n(C)c(=O)n2C)c1ccccc1. The lowest BCUT2D eigenvalue weighted by molar-refractivity contribution is -0.117. The summed E-state index contributed by atoms with van der Waals surface area (Å²) in [5.41, 5.74) is -0.249. The maximum atomic E-state index is 13.3. The van der Waals surface area contributed by atoms with Crippen LogP contribution in [-0.4, -0.2) is 36.8 Å². The van der Waals surface area contributed by atoms with E-state index in [0.717, 1.165) is 10.3 Å². The van der Waals surface area contributed by atoms with Crippen LogP contribution in [0.25, 0.3) is 11.0 Å². The Hall–Kier alpha value is -2.94. The maximum Gasteiger partial charge on any atom is 0.332 e. The summed E-state index contributed by atoms with van der Waals surface area (Å²) < 4.78 is 2.40. The number of carbonyl (C=O) groups is 1. The van der Waals surface area contributed by atoms with E-state index in [0.29, 0.717) is 17.4 Å². The van der Waals surface area contributed by atoms with Crippen LogP contribution in [0, 0.1) is 0 Å². The quantitative estimate of drug-likeness (QED) is 0.434. The number of anilines is 1. The van der Waals surface area contributed by atoms with Gasteiger partial charge in [-0.15, -0.1) is 0 Å². The molecule has 0 saturated heterocycles. The minimum atomic E-state index is -0.511. The highest BCUT2D eigenvalue weighted by Gasteiger charge is 2.27. The fourth-order valence-corrected chi connectivity index (χ4v) is 4.36. The van der Waals surface area contributed by atoms with Gasteiger partial charge in [0.05, 0.1) is 5.25 Å². The van der Waals surface area contributed by atoms with Crippen LogP contribution in [0.2, 0.25) is 0 Å². The monoisotopic (exact) mass is 455 g/mol. The summed E-state index contributed by atoms with van der Waals surface area (Å²) in [6, 6.07) is 9.47. The Morgan fingerprint density at radius 2 is 1.72 bits per heavy atom. The minimum Gasteiger partial charge on any atom is -0.312 e. The van der Waals surface area contributed by atoms with E-state index in [1.54, 1.807) is 18.9 Å². The van der Waals surface area contributed by atoms with Gasteiger partial charge in [-0.25, -0.2) is 14.8 Å². The average Bonchev–Trinajstić information content (AvgIpc) is 2.76. The van der Waals surface area contributed by atoms with Crippen molar-refractivity contribution < 1.29 is 4.79 Å². The fourth-order valence-electron chi connectivity index (χ4n) is 3.36. The van der Waals surface area contributed by atoms with Gasteiger partial charge in [-0.3, -0.25) is 18.7 Å². The van der Waals surface area contributed by atoms with E-state index in [4.69, 9.17) is 0 Å². The summed E-state index contributed by atoms with van der Waals surface area (Å²) in [6.45, 7) is 10.1. The Kier molecular flexibility index (Phi) is 6.59. The molecular formula is C23H29N5O3S. The predicted octanol–water partition coefficient (Wildman–Crippen LogP) is 2.86. The molecule has 0 aliphatic heterocycles. The molecule has 32 heavy (non-hydrogen) atoms. The van der Waals surface area contributed by atoms with Crippen LogP contribution in [0.3, 0.4) is 0 Å². The number of fused-ring (bicyclic) bond motifs is 1. The van der Waals surface area contributed by atoms with Gasteiger partial charge in [-0.2, -0.15) is 0 Å². The zero-order valence-electron chi connectivity index (χ0n) is 19.5. The van der Waals surface area contributed by atoms with Gasteiger partial charge in [0.15, 0.2) is 5.65 Å². The molecule has 9 heteroatoms. The maximum absolute atomic E-state index is 13.3. The Balaban J connectivity index is 2.14. The van der Waals surface area contributed by atoms with Crippen molar-refractivity contribution >= 4 is 34.4 Å². The van der Waals surface area contributed by atoms with E-state index < -0.39 is 21.9 Å². The molecule has 3 rings (SSSR count). The van der Waals surface area contributed by atoms with Crippen molar-refractivity contribution in [2.45, 2.75) is 50.3 Å². The molecule has 0 aliphatic carbocycles. The number of para-hydroxylation sites is 1. The number of rotatable bonds is 5. The molecule has 8 nitrogen and oxygen atoms in total. The molecular weight excluding hydrogens is 426 g/mol. The first-order valence-corrected chi connectivity index (χ1v) is 11.4. The van der Waals surface area contributed by atoms with Crippen molar-refractivity contribution in [3.63, 3.8) is 0 Å². The molecule has 1 amide bonds.